The molecule has 0 unspecified atom stereocenters. The van der Waals surface area contributed by atoms with E-state index in [9.17, 15) is 18.0 Å². The van der Waals surface area contributed by atoms with Crippen molar-refractivity contribution in [1.29, 1.82) is 0 Å². The van der Waals surface area contributed by atoms with Gasteiger partial charge in [-0.05, 0) is 31.3 Å². The molecular formula is C18H19F3N4O. The molecule has 1 N–H and O–H groups in total. The summed E-state index contributed by atoms with van der Waals surface area (Å²) in [4.78, 5) is 20.5. The van der Waals surface area contributed by atoms with Gasteiger partial charge in [0.1, 0.15) is 5.82 Å². The van der Waals surface area contributed by atoms with Crippen LogP contribution in [0, 0.1) is 0 Å². The van der Waals surface area contributed by atoms with Crippen molar-refractivity contribution in [1.82, 2.24) is 14.8 Å². The number of aromatic nitrogens is 1. The number of rotatable bonds is 3. The number of halogens is 3. The van der Waals surface area contributed by atoms with Gasteiger partial charge >= 0.3 is 6.18 Å². The Bertz CT molecular complexity index is 769. The van der Waals surface area contributed by atoms with E-state index >= 15 is 0 Å². The highest BCUT2D eigenvalue weighted by atomic mass is 19.4. The van der Waals surface area contributed by atoms with E-state index in [4.69, 9.17) is 0 Å². The summed E-state index contributed by atoms with van der Waals surface area (Å²) in [6.45, 7) is 2.92. The van der Waals surface area contributed by atoms with Gasteiger partial charge in [0, 0.05) is 32.4 Å². The molecule has 26 heavy (non-hydrogen) atoms. The fraction of sp³-hybridized carbons (Fsp3) is 0.333. The van der Waals surface area contributed by atoms with Crippen LogP contribution in [-0.2, 0) is 6.18 Å². The van der Waals surface area contributed by atoms with Gasteiger partial charge in [-0.2, -0.15) is 13.2 Å². The smallest absolute Gasteiger partial charge is 0.340 e. The van der Waals surface area contributed by atoms with Crippen LogP contribution in [-0.4, -0.2) is 53.9 Å². The number of carbonyl (C=O) groups excluding carboxylic acids is 1. The number of likely N-dealkylation sites (N-methyl/N-ethyl adjacent to an activating group) is 1. The number of pyridine rings is 1. The van der Waals surface area contributed by atoms with Crippen LogP contribution < -0.4 is 5.32 Å². The number of hydrogen-bond donors (Lipinski definition) is 1. The van der Waals surface area contributed by atoms with E-state index in [-0.39, 0.29) is 17.4 Å². The van der Waals surface area contributed by atoms with Crippen LogP contribution in [0.5, 0.6) is 0 Å². The summed E-state index contributed by atoms with van der Waals surface area (Å²) < 4.78 is 39.1. The maximum absolute atomic E-state index is 13.0. The van der Waals surface area contributed by atoms with Gasteiger partial charge in [-0.25, -0.2) is 4.98 Å². The monoisotopic (exact) mass is 364 g/mol. The molecule has 0 bridgehead atoms. The Hall–Kier alpha value is -2.61. The lowest BCUT2D eigenvalue weighted by atomic mass is 10.1. The highest BCUT2D eigenvalue weighted by molar-refractivity contribution is 5.94. The zero-order valence-electron chi connectivity index (χ0n) is 14.3. The lowest BCUT2D eigenvalue weighted by Gasteiger charge is -2.32. The van der Waals surface area contributed by atoms with Crippen LogP contribution in [0.4, 0.5) is 24.7 Å². The lowest BCUT2D eigenvalue weighted by molar-refractivity contribution is -0.136. The van der Waals surface area contributed by atoms with Crippen LogP contribution in [0.15, 0.2) is 42.6 Å². The Labute approximate surface area is 149 Å². The average Bonchev–Trinajstić information content (AvgIpc) is 2.62. The van der Waals surface area contributed by atoms with Crippen LogP contribution >= 0.6 is 0 Å². The summed E-state index contributed by atoms with van der Waals surface area (Å²) in [5, 5.41) is 2.67. The molecule has 2 heterocycles. The number of para-hydroxylation sites is 1. The van der Waals surface area contributed by atoms with E-state index in [1.165, 1.54) is 30.5 Å². The van der Waals surface area contributed by atoms with Crippen LogP contribution in [0.1, 0.15) is 15.9 Å². The molecule has 0 atom stereocenters. The second-order valence-electron chi connectivity index (χ2n) is 6.20. The van der Waals surface area contributed by atoms with E-state index in [1.807, 2.05) is 7.05 Å². The first-order chi connectivity index (χ1) is 12.3. The van der Waals surface area contributed by atoms with Gasteiger partial charge < -0.3 is 15.1 Å². The van der Waals surface area contributed by atoms with Gasteiger partial charge in [0.05, 0.1) is 16.8 Å². The van der Waals surface area contributed by atoms with Crippen molar-refractivity contribution in [2.75, 3.05) is 38.5 Å². The minimum absolute atomic E-state index is 0.0781. The summed E-state index contributed by atoms with van der Waals surface area (Å²) in [6, 6.07) is 8.28. The lowest BCUT2D eigenvalue weighted by Crippen LogP contribution is -2.47. The third-order valence-corrected chi connectivity index (χ3v) is 4.30. The van der Waals surface area contributed by atoms with Crippen molar-refractivity contribution in [3.05, 3.63) is 53.7 Å². The number of piperazine rings is 1. The molecule has 1 fully saturated rings. The third-order valence-electron chi connectivity index (χ3n) is 4.30. The first-order valence-corrected chi connectivity index (χ1v) is 8.22. The molecular weight excluding hydrogens is 345 g/mol. The normalized spacial score (nSPS) is 15.8. The quantitative estimate of drug-likeness (QED) is 0.909. The summed E-state index contributed by atoms with van der Waals surface area (Å²) in [7, 11) is 2.00. The van der Waals surface area contributed by atoms with E-state index in [1.54, 1.807) is 11.0 Å². The molecule has 5 nitrogen and oxygen atoms in total. The molecule has 0 radical (unpaired) electrons. The summed E-state index contributed by atoms with van der Waals surface area (Å²) in [6.07, 6.45) is -3.07. The van der Waals surface area contributed by atoms with E-state index in [2.05, 4.69) is 15.2 Å². The Balaban J connectivity index is 1.72. The van der Waals surface area contributed by atoms with E-state index in [0.717, 1.165) is 19.2 Å². The molecule has 1 amide bonds. The van der Waals surface area contributed by atoms with Gasteiger partial charge in [0.25, 0.3) is 5.91 Å². The van der Waals surface area contributed by atoms with Crippen LogP contribution in [0.2, 0.25) is 0 Å². The molecule has 0 spiro atoms. The molecule has 1 aromatic heterocycles. The molecule has 0 aliphatic carbocycles. The molecule has 1 aromatic carbocycles. The number of nitrogens with zero attached hydrogens (tertiary/aromatic N) is 3. The van der Waals surface area contributed by atoms with Gasteiger partial charge in [-0.15, -0.1) is 0 Å². The third kappa shape index (κ3) is 4.13. The molecule has 2 aromatic rings. The van der Waals surface area contributed by atoms with E-state index < -0.39 is 11.7 Å². The standard InChI is InChI=1S/C18H19F3N4O/c1-24-8-10-25(11-9-24)17(26)13-6-7-16(22-12-13)23-15-5-3-2-4-14(15)18(19,20)21/h2-7,12H,8-11H2,1H3,(H,22,23). The van der Waals surface area contributed by atoms with Gasteiger partial charge in [0.2, 0.25) is 0 Å². The van der Waals surface area contributed by atoms with Crippen LogP contribution in [0.25, 0.3) is 0 Å². The minimum Gasteiger partial charge on any atom is -0.340 e. The van der Waals surface area contributed by atoms with Crippen molar-refractivity contribution in [3.63, 3.8) is 0 Å². The Morgan fingerprint density at radius 1 is 1.08 bits per heavy atom. The predicted octanol–water partition coefficient (Wildman–Crippen LogP) is 3.23. The fourth-order valence-corrected chi connectivity index (χ4v) is 2.76. The zero-order valence-corrected chi connectivity index (χ0v) is 14.3. The maximum Gasteiger partial charge on any atom is 0.418 e. The molecule has 1 saturated heterocycles. The largest absolute Gasteiger partial charge is 0.418 e. The van der Waals surface area contributed by atoms with Crippen molar-refractivity contribution in [2.24, 2.45) is 0 Å². The predicted molar refractivity (Wildman–Crippen MR) is 92.4 cm³/mol. The van der Waals surface area contributed by atoms with E-state index in [0.29, 0.717) is 18.7 Å². The minimum atomic E-state index is -4.46. The first kappa shape index (κ1) is 18.2. The van der Waals surface area contributed by atoms with Crippen molar-refractivity contribution < 1.29 is 18.0 Å². The Kier molecular flexibility index (Phi) is 5.13. The topological polar surface area (TPSA) is 48.5 Å². The molecule has 1 aliphatic rings. The van der Waals surface area contributed by atoms with Crippen molar-refractivity contribution >= 4 is 17.4 Å². The van der Waals surface area contributed by atoms with Crippen LogP contribution in [0.3, 0.4) is 0 Å². The van der Waals surface area contributed by atoms with Gasteiger partial charge in [-0.1, -0.05) is 12.1 Å². The maximum atomic E-state index is 13.0. The molecule has 1 aliphatic heterocycles. The number of benzene rings is 1. The number of amides is 1. The molecule has 138 valence electrons. The number of hydrogen-bond acceptors (Lipinski definition) is 4. The number of alkyl halides is 3. The highest BCUT2D eigenvalue weighted by Crippen LogP contribution is 2.35. The fourth-order valence-electron chi connectivity index (χ4n) is 2.76. The summed E-state index contributed by atoms with van der Waals surface area (Å²) in [5.74, 6) is 0.129. The number of nitrogens with one attached hydrogen (secondary N) is 1. The Morgan fingerprint density at radius 3 is 2.38 bits per heavy atom. The highest BCUT2D eigenvalue weighted by Gasteiger charge is 2.33. The van der Waals surface area contributed by atoms with Gasteiger partial charge in [-0.3, -0.25) is 4.79 Å². The number of carbonyl (C=O) groups is 1. The average molecular weight is 364 g/mol. The van der Waals surface area contributed by atoms with Crippen molar-refractivity contribution in [2.45, 2.75) is 6.18 Å². The summed E-state index contributed by atoms with van der Waals surface area (Å²) in [5.41, 5.74) is -0.422. The second-order valence-corrected chi connectivity index (χ2v) is 6.20. The molecule has 3 rings (SSSR count). The first-order valence-electron chi connectivity index (χ1n) is 8.22. The summed E-state index contributed by atoms with van der Waals surface area (Å²) >= 11 is 0. The van der Waals surface area contributed by atoms with Crippen molar-refractivity contribution in [3.8, 4) is 0 Å². The SMILES string of the molecule is CN1CCN(C(=O)c2ccc(Nc3ccccc3C(F)(F)F)nc2)CC1. The molecule has 0 saturated carbocycles. The number of anilines is 2. The van der Waals surface area contributed by atoms with Gasteiger partial charge in [0.15, 0.2) is 0 Å². The Morgan fingerprint density at radius 2 is 1.77 bits per heavy atom. The molecule has 8 heteroatoms. The zero-order chi connectivity index (χ0) is 18.7. The second kappa shape index (κ2) is 7.33.